The second-order valence-corrected chi connectivity index (χ2v) is 12.9. The molecule has 0 radical (unpaired) electrons. The Bertz CT molecular complexity index is 1790. The molecule has 2 heterocycles. The van der Waals surface area contributed by atoms with Crippen LogP contribution in [-0.4, -0.2) is 29.6 Å². The van der Waals surface area contributed by atoms with E-state index in [1.165, 1.54) is 0 Å². The van der Waals surface area contributed by atoms with Crippen molar-refractivity contribution in [3.8, 4) is 5.75 Å². The number of allylic oxidation sites excluding steroid dienone is 2. The molecule has 5 nitrogen and oxygen atoms in total. The molecule has 2 fully saturated rings. The Morgan fingerprint density at radius 2 is 1.48 bits per heavy atom. The van der Waals surface area contributed by atoms with E-state index in [1.807, 2.05) is 63.2 Å². The van der Waals surface area contributed by atoms with E-state index in [9.17, 15) is 41.0 Å². The van der Waals surface area contributed by atoms with Crippen molar-refractivity contribution >= 4 is 29.2 Å². The van der Waals surface area contributed by atoms with Crippen molar-refractivity contribution in [3.05, 3.63) is 105 Å². The second kappa shape index (κ2) is 12.3. The summed E-state index contributed by atoms with van der Waals surface area (Å²) in [5.74, 6) is -3.80. The average Bonchev–Trinajstić information content (AvgIpc) is 3.55. The summed E-state index contributed by atoms with van der Waals surface area (Å²) in [7, 11) is 0. The molecule has 3 aromatic carbocycles. The Morgan fingerprint density at radius 3 is 2.06 bits per heavy atom. The number of amides is 2. The Balaban J connectivity index is 1.28. The van der Waals surface area contributed by atoms with Crippen LogP contribution in [0.3, 0.4) is 0 Å². The Hall–Kier alpha value is -4.38. The summed E-state index contributed by atoms with van der Waals surface area (Å²) in [6, 6.07) is 14.4. The van der Waals surface area contributed by atoms with Crippen molar-refractivity contribution in [2.75, 3.05) is 11.5 Å². The molecule has 0 unspecified atom stereocenters. The number of aromatic hydroxyl groups is 1. The number of hydrogen-bond acceptors (Lipinski definition) is 4. The number of fused-ring (bicyclic) bond motifs is 3. The maximum Gasteiger partial charge on any atom is 0.416 e. The smallest absolute Gasteiger partial charge is 0.416 e. The molecule has 2 amide bonds. The summed E-state index contributed by atoms with van der Waals surface area (Å²) in [4.78, 5) is 27.9. The third-order valence-corrected chi connectivity index (χ3v) is 9.66. The maximum absolute atomic E-state index is 13.8. The fourth-order valence-corrected chi connectivity index (χ4v) is 7.46. The number of ether oxygens (including phenoxy) is 1. The number of phenolic OH excluding ortho intramolecular Hbond substituents is 1. The van der Waals surface area contributed by atoms with E-state index in [2.05, 4.69) is 6.08 Å². The van der Waals surface area contributed by atoms with Crippen molar-refractivity contribution in [1.29, 1.82) is 0 Å². The van der Waals surface area contributed by atoms with E-state index in [0.717, 1.165) is 39.0 Å². The van der Waals surface area contributed by atoms with Crippen LogP contribution in [-0.2, 0) is 26.7 Å². The topological polar surface area (TPSA) is 66.8 Å². The van der Waals surface area contributed by atoms with Gasteiger partial charge in [-0.15, -0.1) is 0 Å². The molecule has 1 aliphatic carbocycles. The van der Waals surface area contributed by atoms with Crippen LogP contribution in [0.25, 0.3) is 11.6 Å². The van der Waals surface area contributed by atoms with Crippen LogP contribution < -0.4 is 4.90 Å². The first-order valence-corrected chi connectivity index (χ1v) is 15.6. The minimum absolute atomic E-state index is 0.0249. The van der Waals surface area contributed by atoms with Gasteiger partial charge in [-0.05, 0) is 104 Å². The Morgan fingerprint density at radius 1 is 0.875 bits per heavy atom. The fraction of sp³-hybridized carbons (Fsp3) is 0.351. The highest BCUT2D eigenvalue weighted by Crippen LogP contribution is 2.51. The first-order chi connectivity index (χ1) is 22.5. The lowest BCUT2D eigenvalue weighted by Crippen LogP contribution is -2.34. The molecule has 2 aliphatic heterocycles. The summed E-state index contributed by atoms with van der Waals surface area (Å²) in [5, 5.41) is 10.3. The molecule has 2 saturated heterocycles. The highest BCUT2D eigenvalue weighted by atomic mass is 19.4. The lowest BCUT2D eigenvalue weighted by Gasteiger charge is -2.30. The molecule has 3 aromatic rings. The maximum atomic E-state index is 13.8. The predicted octanol–water partition coefficient (Wildman–Crippen LogP) is 8.91. The number of hydrogen-bond donors (Lipinski definition) is 1. The summed E-state index contributed by atoms with van der Waals surface area (Å²) in [5.41, 5.74) is 2.19. The summed E-state index contributed by atoms with van der Waals surface area (Å²) in [6.07, 6.45) is -7.33. The van der Waals surface area contributed by atoms with Gasteiger partial charge in [-0.25, -0.2) is 4.90 Å². The lowest BCUT2D eigenvalue weighted by molar-refractivity contribution is -0.143. The van der Waals surface area contributed by atoms with Crippen LogP contribution in [0.5, 0.6) is 5.75 Å². The normalized spacial score (nSPS) is 23.2. The van der Waals surface area contributed by atoms with Gasteiger partial charge in [0.15, 0.2) is 0 Å². The number of imide groups is 1. The minimum Gasteiger partial charge on any atom is -0.507 e. The molecule has 252 valence electrons. The second-order valence-electron chi connectivity index (χ2n) is 12.9. The van der Waals surface area contributed by atoms with E-state index in [4.69, 9.17) is 4.74 Å². The first kappa shape index (κ1) is 33.5. The Kier molecular flexibility index (Phi) is 8.56. The van der Waals surface area contributed by atoms with Crippen molar-refractivity contribution in [2.24, 2.45) is 17.8 Å². The van der Waals surface area contributed by atoms with Gasteiger partial charge in [0, 0.05) is 5.92 Å². The summed E-state index contributed by atoms with van der Waals surface area (Å²) >= 11 is 0. The van der Waals surface area contributed by atoms with Crippen LogP contribution in [0.2, 0.25) is 0 Å². The van der Waals surface area contributed by atoms with Crippen LogP contribution in [0.15, 0.2) is 71.8 Å². The van der Waals surface area contributed by atoms with Crippen molar-refractivity contribution in [3.63, 3.8) is 0 Å². The number of halogens is 6. The fourth-order valence-electron chi connectivity index (χ4n) is 7.46. The number of rotatable bonds is 6. The third-order valence-electron chi connectivity index (χ3n) is 9.66. The van der Waals surface area contributed by atoms with Crippen LogP contribution in [0.4, 0.5) is 32.0 Å². The Labute approximate surface area is 273 Å². The zero-order chi connectivity index (χ0) is 34.7. The van der Waals surface area contributed by atoms with Gasteiger partial charge < -0.3 is 9.84 Å². The first-order valence-electron chi connectivity index (χ1n) is 15.6. The van der Waals surface area contributed by atoms with Gasteiger partial charge in [0.05, 0.1) is 41.4 Å². The van der Waals surface area contributed by atoms with E-state index in [-0.39, 0.29) is 24.8 Å². The zero-order valence-electron chi connectivity index (χ0n) is 26.4. The summed E-state index contributed by atoms with van der Waals surface area (Å²) < 4.78 is 87.8. The number of benzene rings is 3. The van der Waals surface area contributed by atoms with Crippen LogP contribution >= 0.6 is 0 Å². The van der Waals surface area contributed by atoms with Gasteiger partial charge in [-0.2, -0.15) is 26.3 Å². The van der Waals surface area contributed by atoms with E-state index >= 15 is 0 Å². The SMILES string of the molecule is CC1=C2[C@@H](CC/C(=C/c3cc(C)c(O)c(C)c3)c3ccccc3)OC[C@@H]2[C@@H]2C(=O)N(c3cc(C(F)(F)F)cc(C(F)(F)F)c3)C(=O)[C@@H]2C1. The van der Waals surface area contributed by atoms with Crippen molar-refractivity contribution in [2.45, 2.75) is 58.5 Å². The van der Waals surface area contributed by atoms with Gasteiger partial charge in [-0.1, -0.05) is 42.0 Å². The van der Waals surface area contributed by atoms with Crippen molar-refractivity contribution < 1.29 is 45.8 Å². The molecule has 0 bridgehead atoms. The third kappa shape index (κ3) is 6.16. The number of nitrogens with zero attached hydrogens (tertiary/aromatic N) is 1. The number of carbonyl (C=O) groups excluding carboxylic acids is 2. The molecule has 0 aromatic heterocycles. The van der Waals surface area contributed by atoms with E-state index in [0.29, 0.717) is 29.9 Å². The van der Waals surface area contributed by atoms with Gasteiger partial charge in [0.25, 0.3) is 0 Å². The van der Waals surface area contributed by atoms with Gasteiger partial charge in [0.1, 0.15) is 5.75 Å². The molecule has 3 aliphatic rings. The molecule has 0 saturated carbocycles. The summed E-state index contributed by atoms with van der Waals surface area (Å²) in [6.45, 7) is 5.60. The van der Waals surface area contributed by atoms with E-state index in [1.54, 1.807) is 0 Å². The lowest BCUT2D eigenvalue weighted by atomic mass is 9.70. The molecule has 48 heavy (non-hydrogen) atoms. The van der Waals surface area contributed by atoms with Crippen LogP contribution in [0, 0.1) is 31.6 Å². The number of carbonyl (C=O) groups is 2. The van der Waals surface area contributed by atoms with Gasteiger partial charge >= 0.3 is 12.4 Å². The standard InChI is InChI=1S/C37H33F6NO4/c1-19-13-28-32(35(47)44(34(28)46)27-16-25(36(38,39)40)15-26(17-27)37(41,42)43)29-18-48-30(31(19)29)10-9-24(23-7-5-4-6-8-23)14-22-11-20(2)33(45)21(3)12-22/h4-8,11-12,14-17,28-30,32,45H,9-10,13,18H2,1-3H3/b24-14-/t28-,29+,30-,32-/m1/s1. The minimum atomic E-state index is -5.13. The quantitative estimate of drug-likeness (QED) is 0.123. The van der Waals surface area contributed by atoms with Gasteiger partial charge in [-0.3, -0.25) is 9.59 Å². The largest absolute Gasteiger partial charge is 0.507 e. The molecule has 11 heteroatoms. The average molecular weight is 670 g/mol. The number of aryl methyl sites for hydroxylation is 2. The van der Waals surface area contributed by atoms with Crippen molar-refractivity contribution in [1.82, 2.24) is 0 Å². The molecule has 0 spiro atoms. The molecular weight excluding hydrogens is 636 g/mol. The number of anilines is 1. The molecule has 1 N–H and O–H groups in total. The highest BCUT2D eigenvalue weighted by molar-refractivity contribution is 6.22. The van der Waals surface area contributed by atoms with Crippen LogP contribution in [0.1, 0.15) is 59.6 Å². The monoisotopic (exact) mass is 669 g/mol. The molecular formula is C37H33F6NO4. The molecule has 4 atom stereocenters. The number of alkyl halides is 6. The predicted molar refractivity (Wildman–Crippen MR) is 168 cm³/mol. The van der Waals surface area contributed by atoms with E-state index < -0.39 is 64.8 Å². The molecule has 6 rings (SSSR count). The number of phenols is 1. The zero-order valence-corrected chi connectivity index (χ0v) is 26.4. The van der Waals surface area contributed by atoms with Gasteiger partial charge in [0.2, 0.25) is 11.8 Å². The highest BCUT2D eigenvalue weighted by Gasteiger charge is 2.57.